The number of benzene rings is 1. The molecule has 3 nitrogen and oxygen atoms in total. The van der Waals surface area contributed by atoms with Crippen molar-refractivity contribution in [2.45, 2.75) is 32.1 Å². The van der Waals surface area contributed by atoms with Gasteiger partial charge in [0.1, 0.15) is 0 Å². The standard InChI is InChI=1S/C11H13F2NO2.ClH/c1-2-4-8(14)7-5-3-6-9-10(7)16-11(12,13)15-9;/h3,5-6,8H,2,4,14H2,1H3;1H/t8-;/m1./s1. The summed E-state index contributed by atoms with van der Waals surface area (Å²) in [6.07, 6.45) is -1.99. The van der Waals surface area contributed by atoms with Crippen molar-refractivity contribution in [3.63, 3.8) is 0 Å². The summed E-state index contributed by atoms with van der Waals surface area (Å²) in [6, 6.07) is 4.45. The van der Waals surface area contributed by atoms with E-state index >= 15 is 0 Å². The largest absolute Gasteiger partial charge is 0.586 e. The molecule has 1 aromatic rings. The van der Waals surface area contributed by atoms with Crippen LogP contribution in [0.15, 0.2) is 18.2 Å². The molecule has 0 aromatic heterocycles. The third kappa shape index (κ3) is 2.79. The number of rotatable bonds is 3. The van der Waals surface area contributed by atoms with Crippen LogP contribution in [0.5, 0.6) is 11.5 Å². The number of alkyl halides is 2. The van der Waals surface area contributed by atoms with Crippen LogP contribution in [0.3, 0.4) is 0 Å². The van der Waals surface area contributed by atoms with Crippen LogP contribution >= 0.6 is 12.4 Å². The maximum atomic E-state index is 12.9. The normalized spacial score (nSPS) is 17.4. The fraction of sp³-hybridized carbons (Fsp3) is 0.455. The molecule has 0 saturated heterocycles. The van der Waals surface area contributed by atoms with Crippen LogP contribution in [0.1, 0.15) is 31.4 Å². The zero-order valence-electron chi connectivity index (χ0n) is 9.28. The molecule has 0 aliphatic carbocycles. The van der Waals surface area contributed by atoms with E-state index in [1.54, 1.807) is 12.1 Å². The third-order valence-corrected chi connectivity index (χ3v) is 2.46. The highest BCUT2D eigenvalue weighted by Crippen LogP contribution is 2.45. The van der Waals surface area contributed by atoms with Gasteiger partial charge in [-0.1, -0.05) is 25.5 Å². The molecule has 0 spiro atoms. The second kappa shape index (κ2) is 5.06. The molecule has 1 aliphatic heterocycles. The number of hydrogen-bond acceptors (Lipinski definition) is 3. The molecule has 1 heterocycles. The van der Waals surface area contributed by atoms with Gasteiger partial charge in [-0.15, -0.1) is 21.2 Å². The van der Waals surface area contributed by atoms with E-state index in [1.165, 1.54) is 6.07 Å². The van der Waals surface area contributed by atoms with Crippen molar-refractivity contribution in [1.29, 1.82) is 0 Å². The highest BCUT2D eigenvalue weighted by Gasteiger charge is 2.44. The lowest BCUT2D eigenvalue weighted by Gasteiger charge is -2.13. The smallest absolute Gasteiger partial charge is 0.395 e. The molecule has 0 bridgehead atoms. The van der Waals surface area contributed by atoms with Gasteiger partial charge in [-0.25, -0.2) is 0 Å². The Morgan fingerprint density at radius 2 is 2.06 bits per heavy atom. The molecular formula is C11H14ClF2NO2. The van der Waals surface area contributed by atoms with Crippen LogP contribution in [0, 0.1) is 0 Å². The van der Waals surface area contributed by atoms with E-state index in [4.69, 9.17) is 5.73 Å². The first-order valence-corrected chi connectivity index (χ1v) is 5.18. The van der Waals surface area contributed by atoms with Gasteiger partial charge >= 0.3 is 6.29 Å². The van der Waals surface area contributed by atoms with Crippen molar-refractivity contribution in [2.24, 2.45) is 5.73 Å². The van der Waals surface area contributed by atoms with Crippen LogP contribution in [-0.2, 0) is 0 Å². The zero-order valence-corrected chi connectivity index (χ0v) is 10.1. The molecule has 1 atom stereocenters. The van der Waals surface area contributed by atoms with Crippen LogP contribution in [0.25, 0.3) is 0 Å². The van der Waals surface area contributed by atoms with Crippen LogP contribution in [-0.4, -0.2) is 6.29 Å². The van der Waals surface area contributed by atoms with Gasteiger partial charge in [0.2, 0.25) is 0 Å². The topological polar surface area (TPSA) is 44.5 Å². The fourth-order valence-electron chi connectivity index (χ4n) is 1.75. The molecule has 6 heteroatoms. The minimum atomic E-state index is -3.58. The lowest BCUT2D eigenvalue weighted by molar-refractivity contribution is -0.287. The van der Waals surface area contributed by atoms with E-state index < -0.39 is 6.29 Å². The molecule has 2 N–H and O–H groups in total. The maximum Gasteiger partial charge on any atom is 0.586 e. The summed E-state index contributed by atoms with van der Waals surface area (Å²) in [4.78, 5) is 0. The second-order valence-corrected chi connectivity index (χ2v) is 3.74. The van der Waals surface area contributed by atoms with Crippen molar-refractivity contribution in [3.8, 4) is 11.5 Å². The molecule has 0 radical (unpaired) electrons. The van der Waals surface area contributed by atoms with E-state index in [1.807, 2.05) is 6.92 Å². The SMILES string of the molecule is CCC[C@@H](N)c1cccc2c1OC(F)(F)O2.Cl. The molecular weight excluding hydrogens is 252 g/mol. The first kappa shape index (κ1) is 14.0. The summed E-state index contributed by atoms with van der Waals surface area (Å²) in [7, 11) is 0. The Morgan fingerprint density at radius 1 is 1.35 bits per heavy atom. The average molecular weight is 266 g/mol. The van der Waals surface area contributed by atoms with Gasteiger partial charge in [-0.2, -0.15) is 0 Å². The third-order valence-electron chi connectivity index (χ3n) is 2.46. The predicted molar refractivity (Wildman–Crippen MR) is 61.7 cm³/mol. The number of nitrogens with two attached hydrogens (primary N) is 1. The average Bonchev–Trinajstić information content (AvgIpc) is 2.51. The lowest BCUT2D eigenvalue weighted by Crippen LogP contribution is -2.26. The van der Waals surface area contributed by atoms with Gasteiger partial charge in [-0.3, -0.25) is 0 Å². The Labute approximate surface area is 104 Å². The van der Waals surface area contributed by atoms with Crippen molar-refractivity contribution >= 4 is 12.4 Å². The minimum Gasteiger partial charge on any atom is -0.395 e. The summed E-state index contributed by atoms with van der Waals surface area (Å²) in [6.45, 7) is 1.98. The maximum absolute atomic E-state index is 12.9. The van der Waals surface area contributed by atoms with Gasteiger partial charge in [0.25, 0.3) is 0 Å². The number of halogens is 3. The molecule has 0 saturated carbocycles. The van der Waals surface area contributed by atoms with E-state index in [9.17, 15) is 8.78 Å². The number of ether oxygens (including phenoxy) is 2. The van der Waals surface area contributed by atoms with Crippen molar-refractivity contribution < 1.29 is 18.3 Å². The number of para-hydroxylation sites is 1. The molecule has 2 rings (SSSR count). The Morgan fingerprint density at radius 3 is 2.71 bits per heavy atom. The highest BCUT2D eigenvalue weighted by atomic mass is 35.5. The quantitative estimate of drug-likeness (QED) is 0.913. The zero-order chi connectivity index (χ0) is 11.8. The Balaban J connectivity index is 0.00000144. The minimum absolute atomic E-state index is 0. The summed E-state index contributed by atoms with van der Waals surface area (Å²) in [5.41, 5.74) is 6.45. The van der Waals surface area contributed by atoms with Gasteiger partial charge in [0.15, 0.2) is 11.5 Å². The molecule has 0 unspecified atom stereocenters. The van der Waals surface area contributed by atoms with Crippen LogP contribution in [0.4, 0.5) is 8.78 Å². The fourth-order valence-corrected chi connectivity index (χ4v) is 1.75. The van der Waals surface area contributed by atoms with Crippen molar-refractivity contribution in [3.05, 3.63) is 23.8 Å². The molecule has 17 heavy (non-hydrogen) atoms. The number of hydrogen-bond donors (Lipinski definition) is 1. The first-order chi connectivity index (χ1) is 7.53. The van der Waals surface area contributed by atoms with Gasteiger partial charge in [0.05, 0.1) is 0 Å². The van der Waals surface area contributed by atoms with Gasteiger partial charge < -0.3 is 15.2 Å². The summed E-state index contributed by atoms with van der Waals surface area (Å²) >= 11 is 0. The van der Waals surface area contributed by atoms with Crippen LogP contribution in [0.2, 0.25) is 0 Å². The Hall–Kier alpha value is -1.07. The highest BCUT2D eigenvalue weighted by molar-refractivity contribution is 5.85. The summed E-state index contributed by atoms with van der Waals surface area (Å²) in [5, 5.41) is 0. The predicted octanol–water partition coefficient (Wildman–Crippen LogP) is 3.23. The molecule has 1 aliphatic rings. The summed E-state index contributed by atoms with van der Waals surface area (Å²) in [5.74, 6) is 0.113. The van der Waals surface area contributed by atoms with Gasteiger partial charge in [0, 0.05) is 11.6 Å². The van der Waals surface area contributed by atoms with Crippen LogP contribution < -0.4 is 15.2 Å². The second-order valence-electron chi connectivity index (χ2n) is 3.74. The lowest BCUT2D eigenvalue weighted by atomic mass is 10.0. The Bertz CT molecular complexity index is 401. The van der Waals surface area contributed by atoms with E-state index in [0.717, 1.165) is 6.42 Å². The number of fused-ring (bicyclic) bond motifs is 1. The van der Waals surface area contributed by atoms with E-state index in [2.05, 4.69) is 9.47 Å². The van der Waals surface area contributed by atoms with Crippen molar-refractivity contribution in [1.82, 2.24) is 0 Å². The van der Waals surface area contributed by atoms with Gasteiger partial charge in [-0.05, 0) is 12.5 Å². The molecule has 1 aromatic carbocycles. The first-order valence-electron chi connectivity index (χ1n) is 5.18. The van der Waals surface area contributed by atoms with Crippen molar-refractivity contribution in [2.75, 3.05) is 0 Å². The van der Waals surface area contributed by atoms with E-state index in [-0.39, 0.29) is 29.9 Å². The monoisotopic (exact) mass is 265 g/mol. The van der Waals surface area contributed by atoms with E-state index in [0.29, 0.717) is 12.0 Å². The molecule has 96 valence electrons. The molecule has 0 fully saturated rings. The molecule has 0 amide bonds. The Kier molecular flexibility index (Phi) is 4.16. The summed E-state index contributed by atoms with van der Waals surface area (Å²) < 4.78 is 34.6.